The molecule has 1 heterocycles. The van der Waals surface area contributed by atoms with Crippen molar-refractivity contribution in [3.8, 4) is 0 Å². The van der Waals surface area contributed by atoms with Crippen LogP contribution in [0.25, 0.3) is 16.5 Å². The normalized spacial score (nSPS) is 10.6. The summed E-state index contributed by atoms with van der Waals surface area (Å²) in [4.78, 5) is 13.6. The standard InChI is InChI=1S/C7H5N3O2S/c8-10-9-6(7(11)12)4-5-2-1-3-13-5/h1-4H,(H,11,12). The van der Waals surface area contributed by atoms with Gasteiger partial charge in [0.05, 0.1) is 0 Å². The van der Waals surface area contributed by atoms with Gasteiger partial charge in [0, 0.05) is 9.79 Å². The van der Waals surface area contributed by atoms with Gasteiger partial charge in [0.25, 0.3) is 0 Å². The Labute approximate surface area is 77.6 Å². The minimum Gasteiger partial charge on any atom is -0.478 e. The molecule has 66 valence electrons. The third-order valence-electron chi connectivity index (χ3n) is 1.19. The van der Waals surface area contributed by atoms with E-state index in [2.05, 4.69) is 10.0 Å². The van der Waals surface area contributed by atoms with Crippen molar-refractivity contribution in [1.29, 1.82) is 0 Å². The van der Waals surface area contributed by atoms with Crippen LogP contribution in [0.4, 0.5) is 0 Å². The van der Waals surface area contributed by atoms with Crippen LogP contribution in [0.15, 0.2) is 28.3 Å². The molecule has 1 aromatic rings. The summed E-state index contributed by atoms with van der Waals surface area (Å²) >= 11 is 1.37. The molecule has 0 fully saturated rings. The fourth-order valence-electron chi connectivity index (χ4n) is 0.690. The van der Waals surface area contributed by atoms with E-state index < -0.39 is 5.97 Å². The smallest absolute Gasteiger partial charge is 0.338 e. The van der Waals surface area contributed by atoms with E-state index in [0.29, 0.717) is 0 Å². The molecule has 5 nitrogen and oxygen atoms in total. The van der Waals surface area contributed by atoms with Crippen LogP contribution in [0.3, 0.4) is 0 Å². The molecule has 0 radical (unpaired) electrons. The van der Waals surface area contributed by atoms with Gasteiger partial charge in [-0.25, -0.2) is 4.79 Å². The molecule has 0 saturated carbocycles. The van der Waals surface area contributed by atoms with Crippen molar-refractivity contribution in [3.05, 3.63) is 38.5 Å². The lowest BCUT2D eigenvalue weighted by Crippen LogP contribution is -1.95. The highest BCUT2D eigenvalue weighted by Crippen LogP contribution is 2.14. The summed E-state index contributed by atoms with van der Waals surface area (Å²) in [7, 11) is 0. The van der Waals surface area contributed by atoms with E-state index in [1.807, 2.05) is 0 Å². The van der Waals surface area contributed by atoms with Crippen LogP contribution in [0, 0.1) is 0 Å². The monoisotopic (exact) mass is 195 g/mol. The van der Waals surface area contributed by atoms with Gasteiger partial charge in [-0.2, -0.15) is 0 Å². The summed E-state index contributed by atoms with van der Waals surface area (Å²) in [6.07, 6.45) is 1.33. The molecule has 6 heteroatoms. The SMILES string of the molecule is [N-]=[N+]=NC(=Cc1cccs1)C(=O)O. The molecule has 0 spiro atoms. The molecule has 0 aliphatic rings. The number of aliphatic carboxylic acids is 1. The highest BCUT2D eigenvalue weighted by molar-refractivity contribution is 7.10. The second-order valence-electron chi connectivity index (χ2n) is 2.04. The van der Waals surface area contributed by atoms with Crippen LogP contribution in [-0.4, -0.2) is 11.1 Å². The van der Waals surface area contributed by atoms with Crippen molar-refractivity contribution in [2.75, 3.05) is 0 Å². The predicted molar refractivity (Wildman–Crippen MR) is 49.1 cm³/mol. The summed E-state index contributed by atoms with van der Waals surface area (Å²) < 4.78 is 0. The Morgan fingerprint density at radius 3 is 3.00 bits per heavy atom. The molecule has 0 saturated heterocycles. The maximum absolute atomic E-state index is 10.5. The van der Waals surface area contributed by atoms with Crippen LogP contribution in [0.2, 0.25) is 0 Å². The number of carboxylic acid groups (broad SMARTS) is 1. The van der Waals surface area contributed by atoms with Crippen LogP contribution in [0.5, 0.6) is 0 Å². The van der Waals surface area contributed by atoms with E-state index in [-0.39, 0.29) is 5.70 Å². The van der Waals surface area contributed by atoms with E-state index >= 15 is 0 Å². The number of azide groups is 1. The van der Waals surface area contributed by atoms with Gasteiger partial charge in [0.15, 0.2) is 0 Å². The van der Waals surface area contributed by atoms with E-state index in [4.69, 9.17) is 10.6 Å². The number of carboxylic acids is 1. The number of carbonyl (C=O) groups is 1. The van der Waals surface area contributed by atoms with Crippen LogP contribution >= 0.6 is 11.3 Å². The molecule has 0 atom stereocenters. The van der Waals surface area contributed by atoms with Gasteiger partial charge in [-0.05, 0) is 23.1 Å². The topological polar surface area (TPSA) is 86.1 Å². The molecular weight excluding hydrogens is 190 g/mol. The first kappa shape index (κ1) is 9.31. The molecule has 0 aliphatic carbocycles. The number of thiophene rings is 1. The molecule has 1 aromatic heterocycles. The summed E-state index contributed by atoms with van der Waals surface area (Å²) in [5.74, 6) is -1.23. The van der Waals surface area contributed by atoms with Crippen molar-refractivity contribution < 1.29 is 9.90 Å². The Balaban J connectivity index is 3.00. The van der Waals surface area contributed by atoms with Crippen molar-refractivity contribution in [2.24, 2.45) is 5.11 Å². The molecule has 1 N–H and O–H groups in total. The lowest BCUT2D eigenvalue weighted by Gasteiger charge is -1.89. The maximum atomic E-state index is 10.5. The predicted octanol–water partition coefficient (Wildman–Crippen LogP) is 2.48. The molecule has 0 amide bonds. The Bertz CT molecular complexity index is 372. The van der Waals surface area contributed by atoms with Gasteiger partial charge in [-0.1, -0.05) is 11.2 Å². The van der Waals surface area contributed by atoms with Crippen molar-refractivity contribution in [3.63, 3.8) is 0 Å². The molecular formula is C7H5N3O2S. The number of hydrogen-bond donors (Lipinski definition) is 1. The molecule has 0 bridgehead atoms. The van der Waals surface area contributed by atoms with Gasteiger partial charge < -0.3 is 5.11 Å². The molecule has 13 heavy (non-hydrogen) atoms. The molecule has 0 aliphatic heterocycles. The van der Waals surface area contributed by atoms with Gasteiger partial charge in [0.1, 0.15) is 5.70 Å². The third-order valence-corrected chi connectivity index (χ3v) is 2.01. The highest BCUT2D eigenvalue weighted by Gasteiger charge is 2.04. The van der Waals surface area contributed by atoms with Gasteiger partial charge in [-0.3, -0.25) is 0 Å². The van der Waals surface area contributed by atoms with Gasteiger partial charge >= 0.3 is 5.97 Å². The zero-order valence-corrected chi connectivity index (χ0v) is 7.23. The minimum atomic E-state index is -1.23. The molecule has 0 unspecified atom stereocenters. The van der Waals surface area contributed by atoms with Crippen LogP contribution in [0.1, 0.15) is 4.88 Å². The Morgan fingerprint density at radius 1 is 1.77 bits per heavy atom. The molecule has 0 aromatic carbocycles. The second-order valence-corrected chi connectivity index (χ2v) is 3.02. The zero-order valence-electron chi connectivity index (χ0n) is 6.41. The summed E-state index contributed by atoms with van der Waals surface area (Å²) in [5.41, 5.74) is 7.77. The fraction of sp³-hybridized carbons (Fsp3) is 0. The summed E-state index contributed by atoms with van der Waals surface area (Å²) in [6, 6.07) is 3.52. The van der Waals surface area contributed by atoms with Gasteiger partial charge in [0.2, 0.25) is 0 Å². The lowest BCUT2D eigenvalue weighted by molar-refractivity contribution is -0.132. The first-order chi connectivity index (χ1) is 6.24. The first-order valence-corrected chi connectivity index (χ1v) is 4.15. The molecule has 1 rings (SSSR count). The lowest BCUT2D eigenvalue weighted by atomic mass is 10.3. The Morgan fingerprint density at radius 2 is 2.54 bits per heavy atom. The first-order valence-electron chi connectivity index (χ1n) is 3.27. The number of rotatable bonds is 3. The average Bonchev–Trinajstić information content (AvgIpc) is 2.56. The highest BCUT2D eigenvalue weighted by atomic mass is 32.1. The maximum Gasteiger partial charge on any atom is 0.338 e. The summed E-state index contributed by atoms with van der Waals surface area (Å²) in [6.45, 7) is 0. The zero-order chi connectivity index (χ0) is 9.68. The average molecular weight is 195 g/mol. The van der Waals surface area contributed by atoms with E-state index in [0.717, 1.165) is 4.88 Å². The number of hydrogen-bond acceptors (Lipinski definition) is 3. The number of nitrogens with zero attached hydrogens (tertiary/aromatic N) is 3. The quantitative estimate of drug-likeness (QED) is 0.347. The van der Waals surface area contributed by atoms with E-state index in [9.17, 15) is 4.79 Å². The summed E-state index contributed by atoms with van der Waals surface area (Å²) in [5, 5.41) is 13.4. The van der Waals surface area contributed by atoms with Crippen LogP contribution in [-0.2, 0) is 4.79 Å². The Hall–Kier alpha value is -1.78. The third kappa shape index (κ3) is 2.62. The van der Waals surface area contributed by atoms with E-state index in [1.165, 1.54) is 17.4 Å². The fourth-order valence-corrected chi connectivity index (χ4v) is 1.34. The van der Waals surface area contributed by atoms with Gasteiger partial charge in [-0.15, -0.1) is 11.3 Å². The van der Waals surface area contributed by atoms with Crippen molar-refractivity contribution >= 4 is 23.4 Å². The van der Waals surface area contributed by atoms with Crippen molar-refractivity contribution in [1.82, 2.24) is 0 Å². The minimum absolute atomic E-state index is 0.301. The second kappa shape index (κ2) is 4.30. The largest absolute Gasteiger partial charge is 0.478 e. The van der Waals surface area contributed by atoms with Crippen molar-refractivity contribution in [2.45, 2.75) is 0 Å². The Kier molecular flexibility index (Phi) is 3.08. The van der Waals surface area contributed by atoms with E-state index in [1.54, 1.807) is 17.5 Å². The van der Waals surface area contributed by atoms with Crippen LogP contribution < -0.4 is 0 Å².